The molecule has 5 nitrogen and oxygen atoms in total. The number of benzene rings is 3. The zero-order chi connectivity index (χ0) is 36.7. The van der Waals surface area contributed by atoms with E-state index in [2.05, 4.69) is 16.6 Å². The fraction of sp³-hybridized carbons (Fsp3) is 0.286. The lowest BCUT2D eigenvalue weighted by Crippen LogP contribution is -2.49. The summed E-state index contributed by atoms with van der Waals surface area (Å²) in [6.07, 6.45) is -14.4. The lowest BCUT2D eigenvalue weighted by atomic mass is 9.77. The first kappa shape index (κ1) is 38.2. The summed E-state index contributed by atoms with van der Waals surface area (Å²) in [5.41, 5.74) is -2.39. The van der Waals surface area contributed by atoms with Crippen molar-refractivity contribution in [2.24, 2.45) is 0 Å². The van der Waals surface area contributed by atoms with Crippen molar-refractivity contribution < 1.29 is 58.2 Å². The Morgan fingerprint density at radius 3 is 2.26 bits per heavy atom. The van der Waals surface area contributed by atoms with Gasteiger partial charge in [-0.1, -0.05) is 43.0 Å². The van der Waals surface area contributed by atoms with Gasteiger partial charge in [0.2, 0.25) is 0 Å². The van der Waals surface area contributed by atoms with E-state index in [-0.39, 0.29) is 29.7 Å². The van der Waals surface area contributed by atoms with Gasteiger partial charge < -0.3 is 14.8 Å². The van der Waals surface area contributed by atoms with Crippen molar-refractivity contribution in [3.63, 3.8) is 0 Å². The molecule has 1 atom stereocenters. The van der Waals surface area contributed by atoms with Crippen LogP contribution in [-0.4, -0.2) is 55.8 Å². The van der Waals surface area contributed by atoms with E-state index in [0.717, 1.165) is 18.2 Å². The molecule has 15 heteroatoms. The van der Waals surface area contributed by atoms with Gasteiger partial charge >= 0.3 is 18.7 Å². The number of halogens is 10. The molecule has 268 valence electrons. The van der Waals surface area contributed by atoms with Crippen molar-refractivity contribution >= 4 is 5.91 Å². The smallest absolute Gasteiger partial charge is 0.428 e. The zero-order valence-electron chi connectivity index (χ0n) is 26.1. The summed E-state index contributed by atoms with van der Waals surface area (Å²) in [6.45, 7) is 5.18. The van der Waals surface area contributed by atoms with Crippen molar-refractivity contribution in [2.75, 3.05) is 26.3 Å². The molecule has 1 N–H and O–H groups in total. The summed E-state index contributed by atoms with van der Waals surface area (Å²) in [4.78, 5) is 15.6. The summed E-state index contributed by atoms with van der Waals surface area (Å²) >= 11 is 0. The SMILES string of the molecule is C=C(/C=C\C(F)=C\C(F)(F)F)C(=O)N[C@@](Cc1ccccc1)(c1cc(F)cc(OC(F)(F)C(F)F)c1)c1ccc(F)c(CN2CCOCC2)c1. The minimum absolute atomic E-state index is 0.0523. The number of hydrogen-bond acceptors (Lipinski definition) is 4. The highest BCUT2D eigenvalue weighted by atomic mass is 19.4. The topological polar surface area (TPSA) is 50.8 Å². The number of alkyl halides is 7. The molecule has 0 aliphatic carbocycles. The van der Waals surface area contributed by atoms with Crippen LogP contribution < -0.4 is 10.1 Å². The summed E-state index contributed by atoms with van der Waals surface area (Å²) in [6, 6.07) is 13.7. The molecule has 0 saturated carbocycles. The van der Waals surface area contributed by atoms with Crippen LogP contribution in [-0.2, 0) is 28.0 Å². The highest BCUT2D eigenvalue weighted by Gasteiger charge is 2.45. The normalized spacial score (nSPS) is 16.0. The van der Waals surface area contributed by atoms with Crippen LogP contribution in [0.5, 0.6) is 5.75 Å². The van der Waals surface area contributed by atoms with Crippen molar-refractivity contribution in [1.29, 1.82) is 0 Å². The fourth-order valence-electron chi connectivity index (χ4n) is 5.23. The first-order valence-corrected chi connectivity index (χ1v) is 14.9. The number of hydrogen-bond donors (Lipinski definition) is 1. The first-order chi connectivity index (χ1) is 23.5. The molecular formula is C35H30F10N2O3. The average molecular weight is 717 g/mol. The van der Waals surface area contributed by atoms with Crippen LogP contribution in [0.1, 0.15) is 22.3 Å². The Hall–Kier alpha value is -4.63. The zero-order valence-corrected chi connectivity index (χ0v) is 26.1. The maximum Gasteiger partial charge on any atom is 0.461 e. The van der Waals surface area contributed by atoms with E-state index in [1.165, 1.54) is 12.1 Å². The van der Waals surface area contributed by atoms with E-state index in [1.54, 1.807) is 30.3 Å². The van der Waals surface area contributed by atoms with Crippen molar-refractivity contribution in [3.8, 4) is 5.75 Å². The predicted molar refractivity (Wildman–Crippen MR) is 163 cm³/mol. The number of allylic oxidation sites excluding steroid dienone is 3. The van der Waals surface area contributed by atoms with E-state index >= 15 is 8.78 Å². The van der Waals surface area contributed by atoms with Crippen LogP contribution in [0.2, 0.25) is 0 Å². The molecule has 0 aromatic heterocycles. The summed E-state index contributed by atoms with van der Waals surface area (Å²) in [5, 5.41) is 2.61. The number of rotatable bonds is 13. The fourth-order valence-corrected chi connectivity index (χ4v) is 5.23. The predicted octanol–water partition coefficient (Wildman–Crippen LogP) is 8.16. The number of ether oxygens (including phenoxy) is 2. The van der Waals surface area contributed by atoms with E-state index in [4.69, 9.17) is 4.74 Å². The summed E-state index contributed by atoms with van der Waals surface area (Å²) in [7, 11) is 0. The van der Waals surface area contributed by atoms with Gasteiger partial charge in [-0.05, 0) is 53.1 Å². The van der Waals surface area contributed by atoms with Crippen LogP contribution in [0.3, 0.4) is 0 Å². The number of morpholine rings is 1. The van der Waals surface area contributed by atoms with E-state index in [9.17, 15) is 39.9 Å². The third-order valence-corrected chi connectivity index (χ3v) is 7.58. The highest BCUT2D eigenvalue weighted by molar-refractivity contribution is 5.96. The average Bonchev–Trinajstić information content (AvgIpc) is 3.04. The number of carbonyl (C=O) groups is 1. The van der Waals surface area contributed by atoms with E-state index in [0.29, 0.717) is 50.1 Å². The largest absolute Gasteiger partial charge is 0.461 e. The molecule has 1 saturated heterocycles. The maximum absolute atomic E-state index is 15.3. The van der Waals surface area contributed by atoms with Crippen molar-refractivity contribution in [3.05, 3.63) is 137 Å². The van der Waals surface area contributed by atoms with Gasteiger partial charge in [-0.3, -0.25) is 9.69 Å². The third-order valence-electron chi connectivity index (χ3n) is 7.58. The lowest BCUT2D eigenvalue weighted by Gasteiger charge is -2.37. The first-order valence-electron chi connectivity index (χ1n) is 14.9. The van der Waals surface area contributed by atoms with Crippen LogP contribution in [0, 0.1) is 11.6 Å². The Kier molecular flexibility index (Phi) is 12.2. The Morgan fingerprint density at radius 2 is 1.62 bits per heavy atom. The molecule has 50 heavy (non-hydrogen) atoms. The molecule has 1 amide bonds. The van der Waals surface area contributed by atoms with Gasteiger partial charge in [0.05, 0.1) is 24.8 Å². The Bertz CT molecular complexity index is 1720. The molecule has 0 unspecified atom stereocenters. The van der Waals surface area contributed by atoms with Crippen molar-refractivity contribution in [1.82, 2.24) is 10.2 Å². The van der Waals surface area contributed by atoms with Gasteiger partial charge in [0, 0.05) is 43.3 Å². The van der Waals surface area contributed by atoms with Gasteiger partial charge in [0.25, 0.3) is 5.91 Å². The molecule has 3 aromatic carbocycles. The van der Waals surface area contributed by atoms with E-state index < -0.39 is 65.0 Å². The second kappa shape index (κ2) is 15.9. The van der Waals surface area contributed by atoms with Crippen LogP contribution in [0.15, 0.2) is 103 Å². The number of amides is 1. The molecule has 1 aliphatic rings. The Labute approximate surface area is 280 Å². The van der Waals surface area contributed by atoms with Gasteiger partial charge in [0.15, 0.2) is 0 Å². The highest BCUT2D eigenvalue weighted by Crippen LogP contribution is 2.39. The molecule has 4 rings (SSSR count). The summed E-state index contributed by atoms with van der Waals surface area (Å²) < 4.78 is 146. The van der Waals surface area contributed by atoms with Gasteiger partial charge in [0.1, 0.15) is 23.2 Å². The third kappa shape index (κ3) is 10.2. The Balaban J connectivity index is 1.92. The lowest BCUT2D eigenvalue weighted by molar-refractivity contribution is -0.253. The standard InChI is InChI=1S/C35H30F10N2O3/c1-22(7-9-27(36)20-34(41,42)43)31(48)46-33(19-23-5-3-2-4-6-23,26-16-28(37)18-29(17-26)50-35(44,45)32(39)40)25-8-10-30(38)24(15-25)21-47-11-13-49-14-12-47/h2-10,15-18,20,32H,1,11-14,19,21H2,(H,46,48)/b9-7-,27-20-/t33-/m1/s1. The molecule has 0 spiro atoms. The molecule has 0 bridgehead atoms. The van der Waals surface area contributed by atoms with Crippen LogP contribution in [0.4, 0.5) is 43.9 Å². The van der Waals surface area contributed by atoms with Crippen LogP contribution in [0.25, 0.3) is 0 Å². The van der Waals surface area contributed by atoms with Gasteiger partial charge in [-0.15, -0.1) is 0 Å². The molecule has 3 aromatic rings. The Morgan fingerprint density at radius 1 is 0.940 bits per heavy atom. The minimum Gasteiger partial charge on any atom is -0.428 e. The monoisotopic (exact) mass is 716 g/mol. The molecule has 1 heterocycles. The quantitative estimate of drug-likeness (QED) is 0.110. The molecule has 0 radical (unpaired) electrons. The number of nitrogens with one attached hydrogen (secondary N) is 1. The van der Waals surface area contributed by atoms with Gasteiger partial charge in [-0.2, -0.15) is 30.7 Å². The summed E-state index contributed by atoms with van der Waals surface area (Å²) in [5.74, 6) is -5.88. The number of nitrogens with zero attached hydrogens (tertiary/aromatic N) is 1. The second-order valence-electron chi connectivity index (χ2n) is 11.3. The van der Waals surface area contributed by atoms with Crippen LogP contribution >= 0.6 is 0 Å². The molecule has 1 fully saturated rings. The van der Waals surface area contributed by atoms with Crippen molar-refractivity contribution in [2.45, 2.75) is 37.2 Å². The van der Waals surface area contributed by atoms with E-state index in [1.807, 2.05) is 4.90 Å². The number of carbonyl (C=O) groups excluding carboxylic acids is 1. The van der Waals surface area contributed by atoms with Gasteiger partial charge in [-0.25, -0.2) is 13.2 Å². The second-order valence-corrected chi connectivity index (χ2v) is 11.3. The maximum atomic E-state index is 15.3. The molecule has 1 aliphatic heterocycles. The minimum atomic E-state index is -5.05. The molecular weight excluding hydrogens is 686 g/mol.